The van der Waals surface area contributed by atoms with E-state index in [1.54, 1.807) is 19.4 Å². The first-order valence-corrected chi connectivity index (χ1v) is 7.29. The van der Waals surface area contributed by atoms with E-state index in [0.717, 1.165) is 21.3 Å². The third-order valence-corrected chi connectivity index (χ3v) is 3.86. The number of hydrogen-bond donors (Lipinski definition) is 2. The van der Waals surface area contributed by atoms with Crippen LogP contribution in [0.15, 0.2) is 41.0 Å². The van der Waals surface area contributed by atoms with Crippen molar-refractivity contribution in [3.63, 3.8) is 0 Å². The molecule has 0 aliphatic carbocycles. The number of carbonyl (C=O) groups is 1. The summed E-state index contributed by atoms with van der Waals surface area (Å²) in [6.07, 6.45) is 1.74. The topological polar surface area (TPSA) is 63.2 Å². The molecule has 21 heavy (non-hydrogen) atoms. The SMILES string of the molecule is COc1ccc(CNC2C(=O)Nc3cc(Br)ccc32)cn1. The van der Waals surface area contributed by atoms with Gasteiger partial charge in [-0.05, 0) is 17.7 Å². The second kappa shape index (κ2) is 5.83. The van der Waals surface area contributed by atoms with Gasteiger partial charge in [-0.1, -0.05) is 28.1 Å². The van der Waals surface area contributed by atoms with Crippen molar-refractivity contribution in [2.75, 3.05) is 12.4 Å². The minimum atomic E-state index is -0.338. The highest BCUT2D eigenvalue weighted by Gasteiger charge is 2.29. The first-order chi connectivity index (χ1) is 10.2. The van der Waals surface area contributed by atoms with Crippen molar-refractivity contribution in [1.29, 1.82) is 0 Å². The van der Waals surface area contributed by atoms with E-state index in [2.05, 4.69) is 31.5 Å². The Balaban J connectivity index is 1.72. The Morgan fingerprint density at radius 3 is 2.95 bits per heavy atom. The number of nitrogens with one attached hydrogen (secondary N) is 2. The number of ether oxygens (including phenoxy) is 1. The minimum Gasteiger partial charge on any atom is -0.481 e. The highest BCUT2D eigenvalue weighted by atomic mass is 79.9. The Morgan fingerprint density at radius 2 is 2.24 bits per heavy atom. The van der Waals surface area contributed by atoms with Crippen LogP contribution < -0.4 is 15.4 Å². The number of halogens is 1. The van der Waals surface area contributed by atoms with Crippen molar-refractivity contribution in [3.8, 4) is 5.88 Å². The van der Waals surface area contributed by atoms with Crippen LogP contribution in [-0.4, -0.2) is 18.0 Å². The molecule has 0 radical (unpaired) electrons. The van der Waals surface area contributed by atoms with Gasteiger partial charge in [0.15, 0.2) is 0 Å². The molecule has 5 nitrogen and oxygen atoms in total. The van der Waals surface area contributed by atoms with Crippen LogP contribution in [-0.2, 0) is 11.3 Å². The van der Waals surface area contributed by atoms with Crippen molar-refractivity contribution in [1.82, 2.24) is 10.3 Å². The van der Waals surface area contributed by atoms with Gasteiger partial charge < -0.3 is 10.1 Å². The number of anilines is 1. The standard InChI is InChI=1S/C15H14BrN3O2/c1-21-13-5-2-9(7-17-13)8-18-14-11-4-3-10(16)6-12(11)19-15(14)20/h2-7,14,18H,8H2,1H3,(H,19,20). The maximum absolute atomic E-state index is 12.0. The van der Waals surface area contributed by atoms with E-state index in [-0.39, 0.29) is 11.9 Å². The van der Waals surface area contributed by atoms with Crippen LogP contribution in [0.1, 0.15) is 17.2 Å². The zero-order chi connectivity index (χ0) is 14.8. The van der Waals surface area contributed by atoms with Gasteiger partial charge in [-0.25, -0.2) is 4.98 Å². The van der Waals surface area contributed by atoms with E-state index >= 15 is 0 Å². The zero-order valence-corrected chi connectivity index (χ0v) is 13.0. The normalized spacial score (nSPS) is 16.5. The van der Waals surface area contributed by atoms with E-state index in [4.69, 9.17) is 4.74 Å². The van der Waals surface area contributed by atoms with Crippen LogP contribution in [0.3, 0.4) is 0 Å². The van der Waals surface area contributed by atoms with E-state index < -0.39 is 0 Å². The summed E-state index contributed by atoms with van der Waals surface area (Å²) in [6.45, 7) is 0.560. The van der Waals surface area contributed by atoms with E-state index in [1.807, 2.05) is 24.3 Å². The lowest BCUT2D eigenvalue weighted by molar-refractivity contribution is -0.117. The molecule has 108 valence electrons. The van der Waals surface area contributed by atoms with Crippen molar-refractivity contribution < 1.29 is 9.53 Å². The van der Waals surface area contributed by atoms with Crippen molar-refractivity contribution in [2.45, 2.75) is 12.6 Å². The fourth-order valence-electron chi connectivity index (χ4n) is 2.29. The number of pyridine rings is 1. The van der Waals surface area contributed by atoms with Gasteiger partial charge in [-0.3, -0.25) is 10.1 Å². The van der Waals surface area contributed by atoms with Crippen LogP contribution in [0.5, 0.6) is 5.88 Å². The number of nitrogens with zero attached hydrogens (tertiary/aromatic N) is 1. The molecule has 0 bridgehead atoms. The van der Waals surface area contributed by atoms with Crippen LogP contribution >= 0.6 is 15.9 Å². The molecule has 1 aliphatic rings. The summed E-state index contributed by atoms with van der Waals surface area (Å²) in [7, 11) is 1.58. The fraction of sp³-hybridized carbons (Fsp3) is 0.200. The Labute approximate surface area is 130 Å². The predicted molar refractivity (Wildman–Crippen MR) is 83.1 cm³/mol. The summed E-state index contributed by atoms with van der Waals surface area (Å²) in [6, 6.07) is 9.17. The van der Waals surface area contributed by atoms with Crippen molar-refractivity contribution in [3.05, 3.63) is 52.1 Å². The lowest BCUT2D eigenvalue weighted by atomic mass is 10.1. The summed E-state index contributed by atoms with van der Waals surface area (Å²) in [5.74, 6) is 0.539. The van der Waals surface area contributed by atoms with Crippen LogP contribution in [0, 0.1) is 0 Å². The zero-order valence-electron chi connectivity index (χ0n) is 11.4. The summed E-state index contributed by atoms with van der Waals surface area (Å²) in [5.41, 5.74) is 2.80. The van der Waals surface area contributed by atoms with Crippen molar-refractivity contribution >= 4 is 27.5 Å². The third-order valence-electron chi connectivity index (χ3n) is 3.36. The predicted octanol–water partition coefficient (Wildman–Crippen LogP) is 2.64. The van der Waals surface area contributed by atoms with Crippen LogP contribution in [0.2, 0.25) is 0 Å². The van der Waals surface area contributed by atoms with Gasteiger partial charge in [0, 0.05) is 34.5 Å². The van der Waals surface area contributed by atoms with E-state index in [0.29, 0.717) is 12.4 Å². The van der Waals surface area contributed by atoms with Gasteiger partial charge >= 0.3 is 0 Å². The molecule has 1 unspecified atom stereocenters. The Morgan fingerprint density at radius 1 is 1.38 bits per heavy atom. The number of amides is 1. The lowest BCUT2D eigenvalue weighted by Crippen LogP contribution is -2.27. The largest absolute Gasteiger partial charge is 0.481 e. The molecule has 2 N–H and O–H groups in total. The smallest absolute Gasteiger partial charge is 0.246 e. The molecule has 1 atom stereocenters. The first-order valence-electron chi connectivity index (χ1n) is 6.50. The second-order valence-electron chi connectivity index (χ2n) is 4.74. The number of fused-ring (bicyclic) bond motifs is 1. The number of benzene rings is 1. The third kappa shape index (κ3) is 2.91. The number of rotatable bonds is 4. The lowest BCUT2D eigenvalue weighted by Gasteiger charge is -2.11. The summed E-state index contributed by atoms with van der Waals surface area (Å²) in [4.78, 5) is 16.2. The van der Waals surface area contributed by atoms with Gasteiger partial charge in [0.25, 0.3) is 0 Å². The Kier molecular flexibility index (Phi) is 3.90. The van der Waals surface area contributed by atoms with Gasteiger partial charge in [-0.15, -0.1) is 0 Å². The number of methoxy groups -OCH3 is 1. The molecule has 6 heteroatoms. The van der Waals surface area contributed by atoms with Crippen LogP contribution in [0.25, 0.3) is 0 Å². The highest BCUT2D eigenvalue weighted by molar-refractivity contribution is 9.10. The second-order valence-corrected chi connectivity index (χ2v) is 5.66. The molecule has 1 aromatic carbocycles. The number of hydrogen-bond acceptors (Lipinski definition) is 4. The molecule has 1 aromatic heterocycles. The molecule has 3 rings (SSSR count). The van der Waals surface area contributed by atoms with Gasteiger partial charge in [0.2, 0.25) is 11.8 Å². The Bertz CT molecular complexity index is 673. The van der Waals surface area contributed by atoms with E-state index in [1.165, 1.54) is 0 Å². The molecule has 0 saturated heterocycles. The number of carbonyl (C=O) groups excluding carboxylic acids is 1. The maximum atomic E-state index is 12.0. The quantitative estimate of drug-likeness (QED) is 0.892. The maximum Gasteiger partial charge on any atom is 0.246 e. The highest BCUT2D eigenvalue weighted by Crippen LogP contribution is 2.33. The van der Waals surface area contributed by atoms with E-state index in [9.17, 15) is 4.79 Å². The average molecular weight is 348 g/mol. The molecule has 1 aliphatic heterocycles. The minimum absolute atomic E-state index is 0.0374. The Hall–Kier alpha value is -1.92. The summed E-state index contributed by atoms with van der Waals surface area (Å²) < 4.78 is 5.97. The van der Waals surface area contributed by atoms with Crippen LogP contribution in [0.4, 0.5) is 5.69 Å². The molecule has 0 fully saturated rings. The molecule has 2 aromatic rings. The fourth-order valence-corrected chi connectivity index (χ4v) is 2.65. The molecule has 1 amide bonds. The molecule has 2 heterocycles. The van der Waals surface area contributed by atoms with Gasteiger partial charge in [-0.2, -0.15) is 0 Å². The van der Waals surface area contributed by atoms with Gasteiger partial charge in [0.1, 0.15) is 6.04 Å². The molecular formula is C15H14BrN3O2. The first kappa shape index (κ1) is 14.0. The monoisotopic (exact) mass is 347 g/mol. The summed E-state index contributed by atoms with van der Waals surface area (Å²) in [5, 5.41) is 6.13. The molecular weight excluding hydrogens is 334 g/mol. The molecule has 0 saturated carbocycles. The van der Waals surface area contributed by atoms with Gasteiger partial charge in [0.05, 0.1) is 7.11 Å². The number of aromatic nitrogens is 1. The average Bonchev–Trinajstić information content (AvgIpc) is 2.80. The molecule has 0 spiro atoms. The van der Waals surface area contributed by atoms with Crippen molar-refractivity contribution in [2.24, 2.45) is 0 Å². The summed E-state index contributed by atoms with van der Waals surface area (Å²) >= 11 is 3.40.